The van der Waals surface area contributed by atoms with Crippen molar-refractivity contribution in [2.24, 2.45) is 0 Å². The normalized spacial score (nSPS) is 21.5. The highest BCUT2D eigenvalue weighted by atomic mass is 19.1. The molecule has 4 rings (SSSR count). The number of nitrogens with zero attached hydrogens (tertiary/aromatic N) is 1. The van der Waals surface area contributed by atoms with Crippen molar-refractivity contribution < 1.29 is 18.7 Å². The Morgan fingerprint density at radius 2 is 1.87 bits per heavy atom. The van der Waals surface area contributed by atoms with E-state index in [-0.39, 0.29) is 12.4 Å². The first-order valence-corrected chi connectivity index (χ1v) is 10.6. The van der Waals surface area contributed by atoms with Crippen molar-refractivity contribution in [2.45, 2.75) is 25.3 Å². The van der Waals surface area contributed by atoms with Gasteiger partial charge in [-0.15, -0.1) is 0 Å². The first-order valence-electron chi connectivity index (χ1n) is 10.6. The first kappa shape index (κ1) is 21.1. The summed E-state index contributed by atoms with van der Waals surface area (Å²) in [6, 6.07) is 15.0. The highest BCUT2D eigenvalue weighted by Crippen LogP contribution is 2.31. The molecule has 162 valence electrons. The molecule has 0 saturated carbocycles. The van der Waals surface area contributed by atoms with Crippen molar-refractivity contribution in [3.05, 3.63) is 82.8 Å². The van der Waals surface area contributed by atoms with Crippen molar-refractivity contribution in [1.29, 1.82) is 0 Å². The lowest BCUT2D eigenvalue weighted by Crippen LogP contribution is -2.48. The Morgan fingerprint density at radius 3 is 2.58 bits per heavy atom. The maximum Gasteiger partial charge on any atom is 0.338 e. The van der Waals surface area contributed by atoms with Crippen LogP contribution in [0.5, 0.6) is 0 Å². The molecule has 0 aliphatic carbocycles. The third kappa shape index (κ3) is 4.77. The quantitative estimate of drug-likeness (QED) is 0.698. The van der Waals surface area contributed by atoms with Gasteiger partial charge < -0.3 is 15.4 Å². The van der Waals surface area contributed by atoms with Crippen LogP contribution in [0.1, 0.15) is 36.4 Å². The first-order chi connectivity index (χ1) is 15.0. The van der Waals surface area contributed by atoms with Gasteiger partial charge in [-0.1, -0.05) is 42.5 Å². The number of hydrogen-bond acceptors (Lipinski definition) is 4. The van der Waals surface area contributed by atoms with Crippen LogP contribution >= 0.6 is 0 Å². The number of urea groups is 1. The average Bonchev–Trinajstić information content (AvgIpc) is 3.23. The van der Waals surface area contributed by atoms with Crippen LogP contribution in [0.4, 0.5) is 9.18 Å². The third-order valence-corrected chi connectivity index (χ3v) is 5.78. The molecule has 0 aromatic heterocycles. The molecule has 31 heavy (non-hydrogen) atoms. The second-order valence-corrected chi connectivity index (χ2v) is 7.83. The van der Waals surface area contributed by atoms with E-state index in [9.17, 15) is 14.0 Å². The van der Waals surface area contributed by atoms with Crippen LogP contribution in [0.25, 0.3) is 0 Å². The number of halogens is 1. The summed E-state index contributed by atoms with van der Waals surface area (Å²) in [5.74, 6) is -0.453. The molecule has 2 atom stereocenters. The van der Waals surface area contributed by atoms with Gasteiger partial charge in [-0.25, -0.2) is 14.0 Å². The van der Waals surface area contributed by atoms with Crippen molar-refractivity contribution in [3.8, 4) is 0 Å². The Morgan fingerprint density at radius 1 is 1.13 bits per heavy atom. The summed E-state index contributed by atoms with van der Waals surface area (Å²) >= 11 is 0. The van der Waals surface area contributed by atoms with E-state index in [4.69, 9.17) is 4.74 Å². The molecule has 0 bridgehead atoms. The van der Waals surface area contributed by atoms with Crippen molar-refractivity contribution in [1.82, 2.24) is 15.5 Å². The average molecular weight is 423 g/mol. The van der Waals surface area contributed by atoms with Crippen LogP contribution in [0, 0.1) is 5.82 Å². The molecule has 6 nitrogen and oxygen atoms in total. The van der Waals surface area contributed by atoms with E-state index in [0.29, 0.717) is 29.3 Å². The lowest BCUT2D eigenvalue weighted by atomic mass is 9.95. The molecule has 7 heteroatoms. The van der Waals surface area contributed by atoms with Crippen LogP contribution in [-0.4, -0.2) is 43.1 Å². The molecule has 2 aliphatic heterocycles. The number of benzene rings is 2. The summed E-state index contributed by atoms with van der Waals surface area (Å²) in [6.45, 7) is 4.10. The van der Waals surface area contributed by atoms with Gasteiger partial charge >= 0.3 is 12.0 Å². The second-order valence-electron chi connectivity index (χ2n) is 7.83. The Hall–Kier alpha value is -3.19. The second kappa shape index (κ2) is 9.31. The predicted octanol–water partition coefficient (Wildman–Crippen LogP) is 3.49. The van der Waals surface area contributed by atoms with Gasteiger partial charge in [0, 0.05) is 18.8 Å². The van der Waals surface area contributed by atoms with Gasteiger partial charge in [0.2, 0.25) is 0 Å². The molecule has 2 aromatic carbocycles. The summed E-state index contributed by atoms with van der Waals surface area (Å²) in [5.41, 5.74) is 2.81. The Bertz CT molecular complexity index is 975. The monoisotopic (exact) mass is 423 g/mol. The summed E-state index contributed by atoms with van der Waals surface area (Å²) in [7, 11) is 0. The van der Waals surface area contributed by atoms with E-state index in [1.165, 1.54) is 17.7 Å². The van der Waals surface area contributed by atoms with Crippen LogP contribution in [0.15, 0.2) is 65.9 Å². The van der Waals surface area contributed by atoms with Crippen LogP contribution in [0.3, 0.4) is 0 Å². The number of carbonyl (C=O) groups excluding carboxylic acids is 2. The van der Waals surface area contributed by atoms with Gasteiger partial charge in [0.25, 0.3) is 0 Å². The van der Waals surface area contributed by atoms with Gasteiger partial charge in [-0.05, 0) is 49.1 Å². The molecular weight excluding hydrogens is 397 g/mol. The zero-order chi connectivity index (χ0) is 21.8. The Labute approximate surface area is 181 Å². The van der Waals surface area contributed by atoms with Gasteiger partial charge in [-0.2, -0.15) is 0 Å². The van der Waals surface area contributed by atoms with Crippen molar-refractivity contribution in [2.75, 3.05) is 26.2 Å². The topological polar surface area (TPSA) is 70.7 Å². The fraction of sp³-hybridized carbons (Fsp3) is 0.333. The molecule has 2 heterocycles. The largest absolute Gasteiger partial charge is 0.463 e. The number of ether oxygens (including phenoxy) is 1. The zero-order valence-corrected chi connectivity index (χ0v) is 17.4. The number of rotatable bonds is 6. The molecule has 0 unspecified atom stereocenters. The number of amides is 2. The summed E-state index contributed by atoms with van der Waals surface area (Å²) in [6.07, 6.45) is 1.01. The number of likely N-dealkylation sites (tertiary alicyclic amines) is 1. The lowest BCUT2D eigenvalue weighted by Gasteiger charge is -2.31. The van der Waals surface area contributed by atoms with E-state index in [1.807, 2.05) is 18.2 Å². The van der Waals surface area contributed by atoms with Gasteiger partial charge in [-0.3, -0.25) is 4.90 Å². The van der Waals surface area contributed by atoms with Crippen molar-refractivity contribution >= 4 is 12.0 Å². The Kier molecular flexibility index (Phi) is 6.32. The lowest BCUT2D eigenvalue weighted by molar-refractivity contribution is -0.139. The summed E-state index contributed by atoms with van der Waals surface area (Å²) in [5, 5.41) is 5.59. The zero-order valence-electron chi connectivity index (χ0n) is 17.4. The Balaban J connectivity index is 1.61. The fourth-order valence-electron chi connectivity index (χ4n) is 4.29. The van der Waals surface area contributed by atoms with Crippen LogP contribution in [-0.2, 0) is 9.53 Å². The van der Waals surface area contributed by atoms with Gasteiger partial charge in [0.15, 0.2) is 0 Å². The van der Waals surface area contributed by atoms with E-state index in [2.05, 4.69) is 27.7 Å². The third-order valence-electron chi connectivity index (χ3n) is 5.78. The van der Waals surface area contributed by atoms with E-state index >= 15 is 0 Å². The highest BCUT2D eigenvalue weighted by Gasteiger charge is 2.35. The molecule has 1 saturated heterocycles. The standard InChI is InChI=1S/C24H26FN3O3/c1-2-31-23(29)21-20(15-28-13-12-18(14-28)16-6-4-3-5-7-16)26-24(30)27-22(21)17-8-10-19(25)11-9-17/h3-11,18,22H,2,12-15H2,1H3,(H2,26,27,30)/t18-,22-/m1/s1. The minimum absolute atomic E-state index is 0.222. The molecular formula is C24H26FN3O3. The van der Waals surface area contributed by atoms with Gasteiger partial charge in [0.05, 0.1) is 18.2 Å². The summed E-state index contributed by atoms with van der Waals surface area (Å²) in [4.78, 5) is 27.5. The molecule has 2 N–H and O–H groups in total. The van der Waals surface area contributed by atoms with E-state index < -0.39 is 18.0 Å². The van der Waals surface area contributed by atoms with Crippen LogP contribution in [0.2, 0.25) is 0 Å². The SMILES string of the molecule is CCOC(=O)C1=C(CN2CC[C@@H](c3ccccc3)C2)NC(=O)N[C@@H]1c1ccc(F)cc1. The number of carbonyl (C=O) groups is 2. The molecule has 2 aliphatic rings. The summed E-state index contributed by atoms with van der Waals surface area (Å²) < 4.78 is 18.7. The molecule has 2 amide bonds. The van der Waals surface area contributed by atoms with E-state index in [1.54, 1.807) is 19.1 Å². The number of hydrogen-bond donors (Lipinski definition) is 2. The minimum Gasteiger partial charge on any atom is -0.463 e. The predicted molar refractivity (Wildman–Crippen MR) is 115 cm³/mol. The number of nitrogens with one attached hydrogen (secondary N) is 2. The molecule has 2 aromatic rings. The maximum absolute atomic E-state index is 13.4. The minimum atomic E-state index is -0.698. The molecule has 1 fully saturated rings. The smallest absolute Gasteiger partial charge is 0.338 e. The van der Waals surface area contributed by atoms with Crippen molar-refractivity contribution in [3.63, 3.8) is 0 Å². The fourth-order valence-corrected chi connectivity index (χ4v) is 4.29. The molecule has 0 radical (unpaired) electrons. The molecule has 0 spiro atoms. The van der Waals surface area contributed by atoms with Crippen LogP contribution < -0.4 is 10.6 Å². The highest BCUT2D eigenvalue weighted by molar-refractivity contribution is 5.95. The van der Waals surface area contributed by atoms with E-state index in [0.717, 1.165) is 19.5 Å². The maximum atomic E-state index is 13.4. The number of esters is 1. The van der Waals surface area contributed by atoms with Gasteiger partial charge in [0.1, 0.15) is 5.82 Å².